The van der Waals surface area contributed by atoms with Crippen molar-refractivity contribution in [1.29, 1.82) is 0 Å². The van der Waals surface area contributed by atoms with E-state index in [9.17, 15) is 4.79 Å². The zero-order chi connectivity index (χ0) is 15.9. The van der Waals surface area contributed by atoms with E-state index >= 15 is 0 Å². The lowest BCUT2D eigenvalue weighted by Crippen LogP contribution is -2.29. The normalized spacial score (nSPS) is 18.3. The predicted octanol–water partition coefficient (Wildman–Crippen LogP) is 2.03. The van der Waals surface area contributed by atoms with Gasteiger partial charge in [-0.1, -0.05) is 29.5 Å². The second-order valence-corrected chi connectivity index (χ2v) is 6.89. The number of hydrogen-bond acceptors (Lipinski definition) is 5. The minimum atomic E-state index is -0.121. The minimum Gasteiger partial charge on any atom is -0.311 e. The van der Waals surface area contributed by atoms with Gasteiger partial charge in [-0.3, -0.25) is 4.79 Å². The van der Waals surface area contributed by atoms with Gasteiger partial charge < -0.3 is 4.90 Å². The topological polar surface area (TPSA) is 63.9 Å². The predicted molar refractivity (Wildman–Crippen MR) is 86.1 cm³/mol. The van der Waals surface area contributed by atoms with Gasteiger partial charge in [-0.05, 0) is 48.7 Å². The molecule has 1 saturated heterocycles. The van der Waals surface area contributed by atoms with Crippen LogP contribution in [0.3, 0.4) is 0 Å². The molecule has 22 heavy (non-hydrogen) atoms. The smallest absolute Gasteiger partial charge is 0.240 e. The first-order valence-corrected chi connectivity index (χ1v) is 8.13. The lowest BCUT2D eigenvalue weighted by molar-refractivity contribution is -0.116. The van der Waals surface area contributed by atoms with Crippen LogP contribution in [-0.2, 0) is 11.8 Å². The van der Waals surface area contributed by atoms with E-state index in [1.165, 1.54) is 17.3 Å². The Hall–Kier alpha value is -1.89. The van der Waals surface area contributed by atoms with Crippen LogP contribution in [0.2, 0.25) is 0 Å². The van der Waals surface area contributed by atoms with Gasteiger partial charge in [-0.25, -0.2) is 4.68 Å². The monoisotopic (exact) mass is 317 g/mol. The van der Waals surface area contributed by atoms with Gasteiger partial charge in [0.1, 0.15) is 0 Å². The Morgan fingerprint density at radius 3 is 2.50 bits per heavy atom. The van der Waals surface area contributed by atoms with Crippen molar-refractivity contribution in [2.45, 2.75) is 37.6 Å². The molecule has 1 atom stereocenters. The van der Waals surface area contributed by atoms with Crippen LogP contribution in [0.1, 0.15) is 23.1 Å². The number of thioether (sulfide) groups is 1. The molecule has 1 aliphatic heterocycles. The van der Waals surface area contributed by atoms with Crippen molar-refractivity contribution in [2.24, 2.45) is 7.05 Å². The van der Waals surface area contributed by atoms with Crippen molar-refractivity contribution >= 4 is 23.4 Å². The number of nitrogens with zero attached hydrogens (tertiary/aromatic N) is 5. The van der Waals surface area contributed by atoms with E-state index in [4.69, 9.17) is 0 Å². The summed E-state index contributed by atoms with van der Waals surface area (Å²) in [5.41, 5.74) is 4.57. The average Bonchev–Trinajstić information content (AvgIpc) is 2.99. The van der Waals surface area contributed by atoms with Crippen molar-refractivity contribution in [3.63, 3.8) is 0 Å². The third-order valence-corrected chi connectivity index (χ3v) is 5.17. The molecule has 1 aliphatic rings. The SMILES string of the molecule is Cc1cc(C)c(N2CCC(Sc3nnnn3C)C2=O)c(C)c1. The number of aryl methyl sites for hydroxylation is 4. The summed E-state index contributed by atoms with van der Waals surface area (Å²) in [6, 6.07) is 4.26. The van der Waals surface area contributed by atoms with E-state index < -0.39 is 0 Å². The lowest BCUT2D eigenvalue weighted by Gasteiger charge is -2.22. The van der Waals surface area contributed by atoms with Gasteiger partial charge in [0.15, 0.2) is 0 Å². The van der Waals surface area contributed by atoms with Crippen LogP contribution in [0, 0.1) is 20.8 Å². The Balaban J connectivity index is 1.84. The first-order valence-electron chi connectivity index (χ1n) is 7.25. The number of carbonyl (C=O) groups is 1. The first-order chi connectivity index (χ1) is 10.5. The number of hydrogen-bond donors (Lipinski definition) is 0. The molecule has 1 unspecified atom stereocenters. The molecular weight excluding hydrogens is 298 g/mol. The summed E-state index contributed by atoms with van der Waals surface area (Å²) >= 11 is 1.44. The molecule has 6 nitrogen and oxygen atoms in total. The minimum absolute atomic E-state index is 0.121. The molecule has 116 valence electrons. The van der Waals surface area contributed by atoms with Gasteiger partial charge in [-0.2, -0.15) is 0 Å². The van der Waals surface area contributed by atoms with E-state index in [2.05, 4.69) is 48.4 Å². The molecule has 0 aliphatic carbocycles. The van der Waals surface area contributed by atoms with E-state index in [1.54, 1.807) is 11.7 Å². The molecule has 7 heteroatoms. The number of tetrazole rings is 1. The molecule has 0 N–H and O–H groups in total. The summed E-state index contributed by atoms with van der Waals surface area (Å²) < 4.78 is 1.60. The van der Waals surface area contributed by atoms with Crippen LogP contribution in [0.15, 0.2) is 17.3 Å². The number of rotatable bonds is 3. The lowest BCUT2D eigenvalue weighted by atomic mass is 10.0. The van der Waals surface area contributed by atoms with Gasteiger partial charge >= 0.3 is 0 Å². The summed E-state index contributed by atoms with van der Waals surface area (Å²) in [5.74, 6) is 0.142. The van der Waals surface area contributed by atoms with Gasteiger partial charge in [-0.15, -0.1) is 5.10 Å². The van der Waals surface area contributed by atoms with Gasteiger partial charge in [0, 0.05) is 19.3 Å². The summed E-state index contributed by atoms with van der Waals surface area (Å²) in [5, 5.41) is 11.9. The maximum Gasteiger partial charge on any atom is 0.240 e. The molecule has 2 heterocycles. The van der Waals surface area contributed by atoms with Crippen LogP contribution >= 0.6 is 11.8 Å². The highest BCUT2D eigenvalue weighted by molar-refractivity contribution is 8.00. The molecule has 1 aromatic heterocycles. The number of carbonyl (C=O) groups excluding carboxylic acids is 1. The Bertz CT molecular complexity index is 703. The fourth-order valence-corrected chi connectivity index (χ4v) is 4.01. The Kier molecular flexibility index (Phi) is 3.90. The van der Waals surface area contributed by atoms with Crippen LogP contribution in [0.5, 0.6) is 0 Å². The summed E-state index contributed by atoms with van der Waals surface area (Å²) in [6.45, 7) is 6.95. The largest absolute Gasteiger partial charge is 0.311 e. The molecule has 3 rings (SSSR count). The highest BCUT2D eigenvalue weighted by Crippen LogP contribution is 2.35. The Labute approximate surface area is 133 Å². The standard InChI is InChI=1S/C15H19N5OS/c1-9-7-10(2)13(11(3)8-9)20-6-5-12(14(20)21)22-15-16-17-18-19(15)4/h7-8,12H,5-6H2,1-4H3. The molecule has 1 fully saturated rings. The van der Waals surface area contributed by atoms with Crippen molar-refractivity contribution < 1.29 is 4.79 Å². The first kappa shape index (κ1) is 15.0. The zero-order valence-corrected chi connectivity index (χ0v) is 14.0. The zero-order valence-electron chi connectivity index (χ0n) is 13.2. The molecule has 0 bridgehead atoms. The summed E-state index contributed by atoms with van der Waals surface area (Å²) in [4.78, 5) is 14.7. The van der Waals surface area contributed by atoms with Crippen molar-refractivity contribution in [3.8, 4) is 0 Å². The number of amides is 1. The van der Waals surface area contributed by atoms with Crippen molar-refractivity contribution in [1.82, 2.24) is 20.2 Å². The third-order valence-electron chi connectivity index (χ3n) is 3.89. The van der Waals surface area contributed by atoms with Crippen molar-refractivity contribution in [3.05, 3.63) is 28.8 Å². The van der Waals surface area contributed by atoms with E-state index in [1.807, 2.05) is 4.90 Å². The van der Waals surface area contributed by atoms with Crippen LogP contribution < -0.4 is 4.90 Å². The number of anilines is 1. The fraction of sp³-hybridized carbons (Fsp3) is 0.467. The van der Waals surface area contributed by atoms with Gasteiger partial charge in [0.2, 0.25) is 11.1 Å². The second kappa shape index (κ2) is 5.72. The molecule has 1 aromatic carbocycles. The highest BCUT2D eigenvalue weighted by Gasteiger charge is 2.35. The molecule has 0 spiro atoms. The van der Waals surface area contributed by atoms with Crippen LogP contribution in [0.25, 0.3) is 0 Å². The average molecular weight is 317 g/mol. The molecule has 0 saturated carbocycles. The maximum absolute atomic E-state index is 12.8. The molecule has 2 aromatic rings. The van der Waals surface area contributed by atoms with E-state index in [-0.39, 0.29) is 11.2 Å². The van der Waals surface area contributed by atoms with Crippen LogP contribution in [0.4, 0.5) is 5.69 Å². The number of aromatic nitrogens is 4. The Morgan fingerprint density at radius 2 is 1.91 bits per heavy atom. The summed E-state index contributed by atoms with van der Waals surface area (Å²) in [6.07, 6.45) is 0.809. The van der Waals surface area contributed by atoms with Crippen LogP contribution in [-0.4, -0.2) is 37.9 Å². The fourth-order valence-electron chi connectivity index (χ4n) is 3.03. The summed E-state index contributed by atoms with van der Waals surface area (Å²) in [7, 11) is 1.79. The third kappa shape index (κ3) is 2.61. The van der Waals surface area contributed by atoms with Crippen molar-refractivity contribution in [2.75, 3.05) is 11.4 Å². The van der Waals surface area contributed by atoms with E-state index in [0.29, 0.717) is 5.16 Å². The quantitative estimate of drug-likeness (QED) is 0.867. The molecular formula is C15H19N5OS. The molecule has 1 amide bonds. The Morgan fingerprint density at radius 1 is 1.23 bits per heavy atom. The van der Waals surface area contributed by atoms with Gasteiger partial charge in [0.25, 0.3) is 0 Å². The maximum atomic E-state index is 12.8. The van der Waals surface area contributed by atoms with Gasteiger partial charge in [0.05, 0.1) is 5.25 Å². The second-order valence-electron chi connectivity index (χ2n) is 5.72. The van der Waals surface area contributed by atoms with E-state index in [0.717, 1.165) is 29.8 Å². The molecule has 0 radical (unpaired) electrons. The number of benzene rings is 1. The highest BCUT2D eigenvalue weighted by atomic mass is 32.2.